The summed E-state index contributed by atoms with van der Waals surface area (Å²) >= 11 is 0. The summed E-state index contributed by atoms with van der Waals surface area (Å²) in [7, 11) is -1.95. The quantitative estimate of drug-likeness (QED) is 0.594. The third-order valence-corrected chi connectivity index (χ3v) is 6.85. The topological polar surface area (TPSA) is 98.8 Å². The third-order valence-electron chi connectivity index (χ3n) is 4.66. The number of amides is 2. The van der Waals surface area contributed by atoms with Gasteiger partial charge in [0.05, 0.1) is 17.5 Å². The second-order valence-corrected chi connectivity index (χ2v) is 9.28. The molecule has 164 valence electrons. The van der Waals surface area contributed by atoms with Gasteiger partial charge in [-0.25, -0.2) is 8.42 Å². The number of anilines is 1. The third kappa shape index (κ3) is 6.80. The first kappa shape index (κ1) is 25.1. The lowest BCUT2D eigenvalue weighted by molar-refractivity contribution is -0.125. The van der Waals surface area contributed by atoms with Crippen LogP contribution in [0.1, 0.15) is 40.2 Å². The van der Waals surface area contributed by atoms with E-state index in [1.165, 1.54) is 10.4 Å². The van der Waals surface area contributed by atoms with Crippen molar-refractivity contribution in [2.75, 3.05) is 32.0 Å². The van der Waals surface area contributed by atoms with E-state index < -0.39 is 16.1 Å². The first-order valence-electron chi connectivity index (χ1n) is 9.85. The molecule has 0 spiro atoms. The molecule has 29 heavy (non-hydrogen) atoms. The highest BCUT2D eigenvalue weighted by Gasteiger charge is 2.25. The lowest BCUT2D eigenvalue weighted by Gasteiger charge is -2.24. The zero-order chi connectivity index (χ0) is 22.4. The smallest absolute Gasteiger partial charge is 0.243 e. The molecule has 0 bridgehead atoms. The molecule has 2 amide bonds. The predicted molar refractivity (Wildman–Crippen MR) is 115 cm³/mol. The Balaban J connectivity index is 2.96. The Labute approximate surface area is 174 Å². The van der Waals surface area contributed by atoms with Gasteiger partial charge in [-0.05, 0) is 52.4 Å². The van der Waals surface area contributed by atoms with Crippen LogP contribution in [0.5, 0.6) is 0 Å². The SMILES string of the molecule is CCN(CC)S(=O)(=O)c1cc(NC(=O)[C@H](C)N(C)CC(=O)NC(C)C)ccc1C. The molecule has 1 aromatic carbocycles. The number of carbonyl (C=O) groups is 2. The lowest BCUT2D eigenvalue weighted by Crippen LogP contribution is -2.46. The molecule has 0 saturated heterocycles. The molecule has 8 nitrogen and oxygen atoms in total. The summed E-state index contributed by atoms with van der Waals surface area (Å²) in [5.74, 6) is -0.482. The van der Waals surface area contributed by atoms with Crippen molar-refractivity contribution in [3.63, 3.8) is 0 Å². The molecule has 0 saturated carbocycles. The van der Waals surface area contributed by atoms with Gasteiger partial charge >= 0.3 is 0 Å². The minimum Gasteiger partial charge on any atom is -0.353 e. The van der Waals surface area contributed by atoms with Crippen LogP contribution >= 0.6 is 0 Å². The zero-order valence-electron chi connectivity index (χ0n) is 18.4. The Morgan fingerprint density at radius 1 is 1.10 bits per heavy atom. The molecule has 0 aromatic heterocycles. The van der Waals surface area contributed by atoms with Gasteiger partial charge in [0.15, 0.2) is 0 Å². The van der Waals surface area contributed by atoms with Crippen LogP contribution < -0.4 is 10.6 Å². The van der Waals surface area contributed by atoms with Crippen molar-refractivity contribution < 1.29 is 18.0 Å². The number of likely N-dealkylation sites (N-methyl/N-ethyl adjacent to an activating group) is 1. The van der Waals surface area contributed by atoms with E-state index in [0.717, 1.165) is 0 Å². The van der Waals surface area contributed by atoms with E-state index in [1.54, 1.807) is 51.8 Å². The maximum Gasteiger partial charge on any atom is 0.243 e. The van der Waals surface area contributed by atoms with Crippen LogP contribution in [0.2, 0.25) is 0 Å². The van der Waals surface area contributed by atoms with E-state index in [9.17, 15) is 18.0 Å². The van der Waals surface area contributed by atoms with Crippen LogP contribution in [0.4, 0.5) is 5.69 Å². The van der Waals surface area contributed by atoms with Crippen molar-refractivity contribution in [2.45, 2.75) is 58.5 Å². The first-order chi connectivity index (χ1) is 13.4. The highest BCUT2D eigenvalue weighted by atomic mass is 32.2. The minimum absolute atomic E-state index is 0.0266. The highest BCUT2D eigenvalue weighted by Crippen LogP contribution is 2.24. The summed E-state index contributed by atoms with van der Waals surface area (Å²) in [6.45, 7) is 11.6. The largest absolute Gasteiger partial charge is 0.353 e. The number of aryl methyl sites for hydroxylation is 1. The van der Waals surface area contributed by atoms with Crippen molar-refractivity contribution in [3.05, 3.63) is 23.8 Å². The standard InChI is InChI=1S/C20H34N4O4S/c1-8-24(9-2)29(27,28)18-12-17(11-10-15(18)5)22-20(26)16(6)23(7)13-19(25)21-14(3)4/h10-12,14,16H,8-9,13H2,1-7H3,(H,21,25)(H,22,26)/t16-/m0/s1. The van der Waals surface area contributed by atoms with Crippen molar-refractivity contribution in [1.82, 2.24) is 14.5 Å². The van der Waals surface area contributed by atoms with Gasteiger partial charge in [-0.1, -0.05) is 19.9 Å². The first-order valence-corrected chi connectivity index (χ1v) is 11.3. The second kappa shape index (κ2) is 10.7. The van der Waals surface area contributed by atoms with E-state index >= 15 is 0 Å². The highest BCUT2D eigenvalue weighted by molar-refractivity contribution is 7.89. The summed E-state index contributed by atoms with van der Waals surface area (Å²) in [6.07, 6.45) is 0. The van der Waals surface area contributed by atoms with Gasteiger partial charge < -0.3 is 10.6 Å². The Morgan fingerprint density at radius 3 is 2.21 bits per heavy atom. The average molecular weight is 427 g/mol. The molecule has 1 aromatic rings. The monoisotopic (exact) mass is 426 g/mol. The molecule has 0 aliphatic carbocycles. The van der Waals surface area contributed by atoms with E-state index in [0.29, 0.717) is 24.3 Å². The van der Waals surface area contributed by atoms with E-state index in [-0.39, 0.29) is 29.3 Å². The van der Waals surface area contributed by atoms with Crippen LogP contribution in [0.3, 0.4) is 0 Å². The Kier molecular flexibility index (Phi) is 9.25. The number of nitrogens with one attached hydrogen (secondary N) is 2. The molecule has 0 fully saturated rings. The number of hydrogen-bond acceptors (Lipinski definition) is 5. The van der Waals surface area contributed by atoms with E-state index in [4.69, 9.17) is 0 Å². The maximum atomic E-state index is 12.9. The fourth-order valence-corrected chi connectivity index (χ4v) is 4.55. The van der Waals surface area contributed by atoms with Gasteiger partial charge in [0.25, 0.3) is 0 Å². The fourth-order valence-electron chi connectivity index (χ4n) is 2.84. The Bertz CT molecular complexity index is 820. The number of benzene rings is 1. The number of hydrogen-bond donors (Lipinski definition) is 2. The van der Waals surface area contributed by atoms with Crippen LogP contribution in [0.15, 0.2) is 23.1 Å². The summed E-state index contributed by atoms with van der Waals surface area (Å²) in [5, 5.41) is 5.54. The maximum absolute atomic E-state index is 12.9. The van der Waals surface area contributed by atoms with Crippen molar-refractivity contribution in [1.29, 1.82) is 0 Å². The molecule has 0 radical (unpaired) electrons. The van der Waals surface area contributed by atoms with E-state index in [1.807, 2.05) is 13.8 Å². The summed E-state index contributed by atoms with van der Waals surface area (Å²) in [6, 6.07) is 4.29. The Morgan fingerprint density at radius 2 is 1.69 bits per heavy atom. The molecule has 9 heteroatoms. The fraction of sp³-hybridized carbons (Fsp3) is 0.600. The predicted octanol–water partition coefficient (Wildman–Crippen LogP) is 1.81. The summed E-state index contributed by atoms with van der Waals surface area (Å²) in [4.78, 5) is 26.3. The number of sulfonamides is 1. The number of rotatable bonds is 10. The van der Waals surface area contributed by atoms with Crippen LogP contribution in [0.25, 0.3) is 0 Å². The molecular formula is C20H34N4O4S. The Hall–Kier alpha value is -1.97. The van der Waals surface area contributed by atoms with Gasteiger partial charge in [0, 0.05) is 24.8 Å². The van der Waals surface area contributed by atoms with Gasteiger partial charge in [-0.15, -0.1) is 0 Å². The zero-order valence-corrected chi connectivity index (χ0v) is 19.3. The van der Waals surface area contributed by atoms with Crippen molar-refractivity contribution >= 4 is 27.5 Å². The van der Waals surface area contributed by atoms with Crippen molar-refractivity contribution in [3.8, 4) is 0 Å². The van der Waals surface area contributed by atoms with E-state index in [2.05, 4.69) is 10.6 Å². The van der Waals surface area contributed by atoms with Crippen LogP contribution in [-0.4, -0.2) is 68.2 Å². The molecule has 0 aliphatic heterocycles. The van der Waals surface area contributed by atoms with Gasteiger partial charge in [-0.2, -0.15) is 4.31 Å². The van der Waals surface area contributed by atoms with Crippen molar-refractivity contribution in [2.24, 2.45) is 0 Å². The summed E-state index contributed by atoms with van der Waals surface area (Å²) in [5.41, 5.74) is 1.02. The molecule has 2 N–H and O–H groups in total. The molecule has 0 unspecified atom stereocenters. The van der Waals surface area contributed by atoms with Crippen LogP contribution in [-0.2, 0) is 19.6 Å². The lowest BCUT2D eigenvalue weighted by atomic mass is 10.2. The molecule has 1 atom stereocenters. The normalized spacial score (nSPS) is 13.0. The molecule has 0 heterocycles. The number of carbonyl (C=O) groups excluding carboxylic acids is 2. The van der Waals surface area contributed by atoms with Gasteiger partial charge in [0.2, 0.25) is 21.8 Å². The summed E-state index contributed by atoms with van der Waals surface area (Å²) < 4.78 is 27.1. The van der Waals surface area contributed by atoms with Gasteiger partial charge in [-0.3, -0.25) is 14.5 Å². The van der Waals surface area contributed by atoms with Crippen LogP contribution in [0, 0.1) is 6.92 Å². The number of nitrogens with zero attached hydrogens (tertiary/aromatic N) is 2. The van der Waals surface area contributed by atoms with Gasteiger partial charge in [0.1, 0.15) is 0 Å². The molecule has 1 rings (SSSR count). The second-order valence-electron chi connectivity index (χ2n) is 7.37. The minimum atomic E-state index is -3.64. The molecule has 0 aliphatic rings. The average Bonchev–Trinajstić information content (AvgIpc) is 2.62. The molecular weight excluding hydrogens is 392 g/mol.